The molecule has 1 saturated heterocycles. The number of methoxy groups -OCH3 is 1. The highest BCUT2D eigenvalue weighted by molar-refractivity contribution is 9.10. The number of amides is 5. The topological polar surface area (TPSA) is 132 Å². The standard InChI is InChI=1S/C32H32BrN3O8/c1-5-13-43-25-12-11-21(17-26(25)42-6-2)36-31(39)22(30(38)35-32(36)40)14-20-15-23(33)29(27(16-20)41-4)44-18-28(37)34-24-10-8-7-9-19(24)3/h7-12,14-17H,5-6,13,18H2,1-4H3,(H,34,37)(H,35,38,40)/b22-14+. The van der Waals surface area contributed by atoms with Crippen molar-refractivity contribution in [1.82, 2.24) is 5.32 Å². The van der Waals surface area contributed by atoms with Crippen molar-refractivity contribution in [2.24, 2.45) is 0 Å². The average molecular weight is 667 g/mol. The van der Waals surface area contributed by atoms with Crippen LogP contribution in [0, 0.1) is 6.92 Å². The summed E-state index contributed by atoms with van der Waals surface area (Å²) in [5, 5.41) is 5.01. The number of carbonyl (C=O) groups is 4. The molecule has 0 bridgehead atoms. The molecule has 0 atom stereocenters. The maximum Gasteiger partial charge on any atom is 0.335 e. The quantitative estimate of drug-likeness (QED) is 0.188. The van der Waals surface area contributed by atoms with Crippen molar-refractivity contribution in [3.63, 3.8) is 0 Å². The number of para-hydroxylation sites is 1. The fourth-order valence-electron chi connectivity index (χ4n) is 4.29. The second-order valence-corrected chi connectivity index (χ2v) is 10.4. The predicted molar refractivity (Wildman–Crippen MR) is 168 cm³/mol. The van der Waals surface area contributed by atoms with Crippen LogP contribution in [0.3, 0.4) is 0 Å². The zero-order chi connectivity index (χ0) is 31.8. The number of hydrogen-bond acceptors (Lipinski definition) is 8. The molecule has 11 nitrogen and oxygen atoms in total. The van der Waals surface area contributed by atoms with E-state index in [1.165, 1.54) is 19.3 Å². The van der Waals surface area contributed by atoms with Gasteiger partial charge in [0.15, 0.2) is 29.6 Å². The molecule has 3 aromatic rings. The summed E-state index contributed by atoms with van der Waals surface area (Å²) in [5.41, 5.74) is 1.90. The Balaban J connectivity index is 1.58. The lowest BCUT2D eigenvalue weighted by molar-refractivity contribution is -0.122. The number of nitrogens with one attached hydrogen (secondary N) is 2. The van der Waals surface area contributed by atoms with Crippen LogP contribution in [-0.4, -0.2) is 50.7 Å². The van der Waals surface area contributed by atoms with E-state index in [1.807, 2.05) is 32.0 Å². The normalized spacial score (nSPS) is 13.9. The molecule has 0 aromatic heterocycles. The van der Waals surface area contributed by atoms with Crippen LogP contribution in [0.25, 0.3) is 6.08 Å². The number of hydrogen-bond donors (Lipinski definition) is 2. The number of urea groups is 1. The summed E-state index contributed by atoms with van der Waals surface area (Å²) in [7, 11) is 1.42. The van der Waals surface area contributed by atoms with Gasteiger partial charge in [-0.05, 0) is 83.7 Å². The first-order valence-electron chi connectivity index (χ1n) is 13.8. The minimum atomic E-state index is -0.895. The molecule has 1 aliphatic heterocycles. The van der Waals surface area contributed by atoms with Gasteiger partial charge in [-0.2, -0.15) is 0 Å². The Hall–Kier alpha value is -4.84. The van der Waals surface area contributed by atoms with Crippen molar-refractivity contribution in [3.8, 4) is 23.0 Å². The summed E-state index contributed by atoms with van der Waals surface area (Å²) >= 11 is 3.43. The van der Waals surface area contributed by atoms with Crippen molar-refractivity contribution in [2.45, 2.75) is 27.2 Å². The third-order valence-corrected chi connectivity index (χ3v) is 6.97. The molecular formula is C32H32BrN3O8. The Bertz CT molecular complexity index is 1620. The van der Waals surface area contributed by atoms with Gasteiger partial charge in [-0.15, -0.1) is 0 Å². The van der Waals surface area contributed by atoms with Gasteiger partial charge < -0.3 is 24.3 Å². The SMILES string of the molecule is CCCOc1ccc(N2C(=O)NC(=O)/C(=C\c3cc(Br)c(OCC(=O)Nc4ccccc4C)c(OC)c3)C2=O)cc1OCC. The third kappa shape index (κ3) is 7.38. The summed E-state index contributed by atoms with van der Waals surface area (Å²) in [4.78, 5) is 52.5. The molecule has 3 aromatic carbocycles. The third-order valence-electron chi connectivity index (χ3n) is 6.38. The average Bonchev–Trinajstić information content (AvgIpc) is 2.99. The molecule has 4 rings (SSSR count). The molecule has 5 amide bonds. The van der Waals surface area contributed by atoms with E-state index in [1.54, 1.807) is 37.3 Å². The Morgan fingerprint density at radius 3 is 2.45 bits per heavy atom. The molecule has 0 unspecified atom stereocenters. The van der Waals surface area contributed by atoms with E-state index in [9.17, 15) is 19.2 Å². The Morgan fingerprint density at radius 1 is 0.977 bits per heavy atom. The highest BCUT2D eigenvalue weighted by Gasteiger charge is 2.37. The molecular weight excluding hydrogens is 634 g/mol. The molecule has 2 N–H and O–H groups in total. The van der Waals surface area contributed by atoms with Gasteiger partial charge in [-0.1, -0.05) is 25.1 Å². The van der Waals surface area contributed by atoms with Crippen molar-refractivity contribution in [3.05, 3.63) is 75.8 Å². The largest absolute Gasteiger partial charge is 0.493 e. The molecule has 0 saturated carbocycles. The van der Waals surface area contributed by atoms with Gasteiger partial charge in [0.2, 0.25) is 0 Å². The van der Waals surface area contributed by atoms with Crippen LogP contribution in [0.4, 0.5) is 16.2 Å². The summed E-state index contributed by atoms with van der Waals surface area (Å²) in [6, 6.07) is 14.3. The van der Waals surface area contributed by atoms with Crippen LogP contribution >= 0.6 is 15.9 Å². The van der Waals surface area contributed by atoms with Crippen molar-refractivity contribution >= 4 is 57.1 Å². The van der Waals surface area contributed by atoms with E-state index in [-0.39, 0.29) is 35.3 Å². The number of ether oxygens (including phenoxy) is 4. The minimum Gasteiger partial charge on any atom is -0.493 e. The van der Waals surface area contributed by atoms with Gasteiger partial charge >= 0.3 is 6.03 Å². The van der Waals surface area contributed by atoms with E-state index in [0.29, 0.717) is 40.4 Å². The fourth-order valence-corrected chi connectivity index (χ4v) is 4.87. The number of carbonyl (C=O) groups excluding carboxylic acids is 4. The molecule has 44 heavy (non-hydrogen) atoms. The number of anilines is 2. The molecule has 1 fully saturated rings. The Morgan fingerprint density at radius 2 is 1.75 bits per heavy atom. The number of imide groups is 2. The first-order valence-corrected chi connectivity index (χ1v) is 14.6. The number of aryl methyl sites for hydroxylation is 1. The molecule has 12 heteroatoms. The van der Waals surface area contributed by atoms with Crippen molar-refractivity contribution < 1.29 is 38.1 Å². The number of halogens is 1. The fraction of sp³-hybridized carbons (Fsp3) is 0.250. The van der Waals surface area contributed by atoms with E-state index in [2.05, 4.69) is 26.6 Å². The molecule has 1 aliphatic rings. The first kappa shape index (κ1) is 32.1. The lowest BCUT2D eigenvalue weighted by Gasteiger charge is -2.27. The maximum absolute atomic E-state index is 13.5. The summed E-state index contributed by atoms with van der Waals surface area (Å²) in [6.45, 7) is 6.16. The smallest absolute Gasteiger partial charge is 0.335 e. The zero-order valence-electron chi connectivity index (χ0n) is 24.7. The van der Waals surface area contributed by atoms with Crippen molar-refractivity contribution in [1.29, 1.82) is 0 Å². The van der Waals surface area contributed by atoms with E-state index in [0.717, 1.165) is 16.9 Å². The molecule has 0 radical (unpaired) electrons. The van der Waals surface area contributed by atoms with Gasteiger partial charge in [-0.25, -0.2) is 9.69 Å². The van der Waals surface area contributed by atoms with Crippen LogP contribution < -0.4 is 34.5 Å². The van der Waals surface area contributed by atoms with E-state index in [4.69, 9.17) is 18.9 Å². The van der Waals surface area contributed by atoms with Crippen LogP contribution in [-0.2, 0) is 14.4 Å². The summed E-state index contributed by atoms with van der Waals surface area (Å²) in [5.74, 6) is -0.722. The zero-order valence-corrected chi connectivity index (χ0v) is 26.3. The Kier molecular flexibility index (Phi) is 10.6. The van der Waals surface area contributed by atoms with Crippen LogP contribution in [0.5, 0.6) is 23.0 Å². The van der Waals surface area contributed by atoms with Crippen molar-refractivity contribution in [2.75, 3.05) is 37.1 Å². The number of benzene rings is 3. The summed E-state index contributed by atoms with van der Waals surface area (Å²) in [6.07, 6.45) is 2.12. The molecule has 0 spiro atoms. The predicted octanol–water partition coefficient (Wildman–Crippen LogP) is 5.64. The second-order valence-electron chi connectivity index (χ2n) is 9.56. The van der Waals surface area contributed by atoms with Crippen LogP contribution in [0.15, 0.2) is 64.6 Å². The van der Waals surface area contributed by atoms with Crippen LogP contribution in [0.2, 0.25) is 0 Å². The van der Waals surface area contributed by atoms with E-state index < -0.39 is 17.8 Å². The number of barbiturate groups is 1. The molecule has 0 aliphatic carbocycles. The monoisotopic (exact) mass is 665 g/mol. The van der Waals surface area contributed by atoms with Crippen LogP contribution in [0.1, 0.15) is 31.4 Å². The minimum absolute atomic E-state index is 0.199. The van der Waals surface area contributed by atoms with Gasteiger partial charge in [-0.3, -0.25) is 19.7 Å². The van der Waals surface area contributed by atoms with E-state index >= 15 is 0 Å². The van der Waals surface area contributed by atoms with Gasteiger partial charge in [0.25, 0.3) is 17.7 Å². The lowest BCUT2D eigenvalue weighted by atomic mass is 10.1. The van der Waals surface area contributed by atoms with Gasteiger partial charge in [0.05, 0.1) is 30.5 Å². The number of rotatable bonds is 12. The molecule has 230 valence electrons. The van der Waals surface area contributed by atoms with Gasteiger partial charge in [0, 0.05) is 11.8 Å². The summed E-state index contributed by atoms with van der Waals surface area (Å²) < 4.78 is 23.0. The lowest BCUT2D eigenvalue weighted by Crippen LogP contribution is -2.54. The number of nitrogens with zero attached hydrogens (tertiary/aromatic N) is 1. The molecule has 1 heterocycles. The Labute approximate surface area is 263 Å². The highest BCUT2D eigenvalue weighted by Crippen LogP contribution is 2.38. The maximum atomic E-state index is 13.5. The first-order chi connectivity index (χ1) is 21.2. The highest BCUT2D eigenvalue weighted by atomic mass is 79.9. The van der Waals surface area contributed by atoms with Gasteiger partial charge in [0.1, 0.15) is 5.57 Å². The second kappa shape index (κ2) is 14.6.